The van der Waals surface area contributed by atoms with Crippen molar-refractivity contribution in [2.24, 2.45) is 0 Å². The topological polar surface area (TPSA) is 57.7 Å². The van der Waals surface area contributed by atoms with E-state index in [4.69, 9.17) is 0 Å². The minimum atomic E-state index is -3.88. The molecule has 0 fully saturated rings. The highest BCUT2D eigenvalue weighted by Gasteiger charge is 2.26. The van der Waals surface area contributed by atoms with Crippen molar-refractivity contribution in [3.8, 4) is 0 Å². The highest BCUT2D eigenvalue weighted by Crippen LogP contribution is 2.21. The molecule has 0 radical (unpaired) electrons. The average Bonchev–Trinajstić information content (AvgIpc) is 2.59. The van der Waals surface area contributed by atoms with E-state index in [2.05, 4.69) is 0 Å². The van der Waals surface area contributed by atoms with Gasteiger partial charge < -0.3 is 4.90 Å². The number of hydrogen-bond donors (Lipinski definition) is 0. The van der Waals surface area contributed by atoms with Gasteiger partial charge in [-0.15, -0.1) is 0 Å². The smallest absolute Gasteiger partial charge is 0.243 e. The minimum Gasteiger partial charge on any atom is -0.308 e. The number of hydrogen-bond acceptors (Lipinski definition) is 4. The molecule has 0 N–H and O–H groups in total. The molecule has 0 saturated carbocycles. The first kappa shape index (κ1) is 20.2. The normalized spacial score (nSPS) is 11.9. The molecule has 0 aliphatic heterocycles. The zero-order valence-corrected chi connectivity index (χ0v) is 16.0. The molecule has 7 heteroatoms. The van der Waals surface area contributed by atoms with Crippen molar-refractivity contribution < 1.29 is 17.6 Å². The molecule has 140 valence electrons. The summed E-state index contributed by atoms with van der Waals surface area (Å²) in [5, 5.41) is 0. The van der Waals surface area contributed by atoms with Crippen LogP contribution in [0.1, 0.15) is 22.8 Å². The van der Waals surface area contributed by atoms with Gasteiger partial charge in [-0.05, 0) is 39.2 Å². The number of carbonyl (C=O) groups excluding carboxylic acids is 1. The van der Waals surface area contributed by atoms with Gasteiger partial charge >= 0.3 is 0 Å². The maximum atomic E-state index is 14.0. The molecule has 5 nitrogen and oxygen atoms in total. The van der Waals surface area contributed by atoms with Gasteiger partial charge in [-0.1, -0.05) is 30.3 Å². The van der Waals surface area contributed by atoms with Crippen molar-refractivity contribution in [1.29, 1.82) is 0 Å². The fraction of sp³-hybridized carbons (Fsp3) is 0.316. The lowest BCUT2D eigenvalue weighted by Crippen LogP contribution is -2.36. The Hall–Kier alpha value is -2.09. The van der Waals surface area contributed by atoms with E-state index >= 15 is 0 Å². The summed E-state index contributed by atoms with van der Waals surface area (Å²) in [6, 6.07) is 12.0. The summed E-state index contributed by atoms with van der Waals surface area (Å²) >= 11 is 0. The Labute approximate surface area is 154 Å². The fourth-order valence-electron chi connectivity index (χ4n) is 2.44. The molecular formula is C19H23FN2O3S. The van der Waals surface area contributed by atoms with Crippen LogP contribution in [0.15, 0.2) is 53.4 Å². The number of ketones is 1. The zero-order valence-electron chi connectivity index (χ0n) is 15.1. The van der Waals surface area contributed by atoms with E-state index in [1.165, 1.54) is 35.5 Å². The molecule has 0 aliphatic rings. The Morgan fingerprint density at radius 2 is 1.73 bits per heavy atom. The van der Waals surface area contributed by atoms with Crippen LogP contribution in [0.4, 0.5) is 4.39 Å². The van der Waals surface area contributed by atoms with Crippen LogP contribution in [0.3, 0.4) is 0 Å². The van der Waals surface area contributed by atoms with E-state index in [1.807, 2.05) is 19.0 Å². The maximum absolute atomic E-state index is 14.0. The largest absolute Gasteiger partial charge is 0.308 e. The van der Waals surface area contributed by atoms with Gasteiger partial charge in [0.1, 0.15) is 5.82 Å². The molecule has 2 aromatic carbocycles. The molecule has 0 bridgehead atoms. The number of likely N-dealkylation sites (N-methyl/N-ethyl adjacent to an activating group) is 1. The van der Waals surface area contributed by atoms with Crippen molar-refractivity contribution in [2.75, 3.05) is 27.2 Å². The number of benzene rings is 2. The zero-order chi connectivity index (χ0) is 19.3. The summed E-state index contributed by atoms with van der Waals surface area (Å²) in [5.41, 5.74) is 0.627. The van der Waals surface area contributed by atoms with Gasteiger partial charge in [0.05, 0.1) is 4.90 Å². The molecule has 0 heterocycles. The second kappa shape index (κ2) is 8.53. The van der Waals surface area contributed by atoms with E-state index in [-0.39, 0.29) is 23.8 Å². The molecule has 2 rings (SSSR count). The van der Waals surface area contributed by atoms with Gasteiger partial charge in [-0.25, -0.2) is 12.8 Å². The third-order valence-corrected chi connectivity index (χ3v) is 5.82. The summed E-state index contributed by atoms with van der Waals surface area (Å²) in [5.74, 6) is -0.661. The standard InChI is InChI=1S/C19H23FN2O3S/c1-15(23)16-8-6-9-18(13-16)26(24,25)22(12-11-21(2)3)14-17-7-4-5-10-19(17)20/h4-10,13H,11-12,14H2,1-3H3. The van der Waals surface area contributed by atoms with E-state index in [0.717, 1.165) is 0 Å². The number of halogens is 1. The maximum Gasteiger partial charge on any atom is 0.243 e. The van der Waals surface area contributed by atoms with Crippen LogP contribution in [0.25, 0.3) is 0 Å². The summed E-state index contributed by atoms with van der Waals surface area (Å²) in [6.07, 6.45) is 0. The number of rotatable bonds is 8. The molecular weight excluding hydrogens is 355 g/mol. The lowest BCUT2D eigenvalue weighted by atomic mass is 10.2. The highest BCUT2D eigenvalue weighted by molar-refractivity contribution is 7.89. The van der Waals surface area contributed by atoms with Crippen LogP contribution in [0.2, 0.25) is 0 Å². The summed E-state index contributed by atoms with van der Waals surface area (Å²) in [7, 11) is -0.205. The lowest BCUT2D eigenvalue weighted by Gasteiger charge is -2.24. The number of sulfonamides is 1. The quantitative estimate of drug-likeness (QED) is 0.663. The molecule has 2 aromatic rings. The van der Waals surface area contributed by atoms with E-state index in [0.29, 0.717) is 17.7 Å². The van der Waals surface area contributed by atoms with Crippen LogP contribution >= 0.6 is 0 Å². The van der Waals surface area contributed by atoms with Gasteiger partial charge in [0.2, 0.25) is 10.0 Å². The van der Waals surface area contributed by atoms with Crippen LogP contribution in [0.5, 0.6) is 0 Å². The number of nitrogens with zero attached hydrogens (tertiary/aromatic N) is 2. The monoisotopic (exact) mass is 378 g/mol. The molecule has 0 aromatic heterocycles. The SMILES string of the molecule is CC(=O)c1cccc(S(=O)(=O)N(CCN(C)C)Cc2ccccc2F)c1. The Bertz CT molecular complexity index is 882. The molecule has 0 amide bonds. The fourth-order valence-corrected chi connectivity index (χ4v) is 3.89. The third-order valence-electron chi connectivity index (χ3n) is 3.98. The van der Waals surface area contributed by atoms with Crippen LogP contribution in [-0.2, 0) is 16.6 Å². The van der Waals surface area contributed by atoms with Crippen molar-refractivity contribution in [2.45, 2.75) is 18.4 Å². The van der Waals surface area contributed by atoms with Crippen molar-refractivity contribution in [3.05, 3.63) is 65.5 Å². The first-order valence-electron chi connectivity index (χ1n) is 8.21. The van der Waals surface area contributed by atoms with E-state index < -0.39 is 15.8 Å². The third kappa shape index (κ3) is 4.97. The summed E-state index contributed by atoms with van der Waals surface area (Å²) < 4.78 is 41.5. The van der Waals surface area contributed by atoms with Gasteiger partial charge in [0, 0.05) is 30.8 Å². The predicted octanol–water partition coefficient (Wildman–Crippen LogP) is 2.78. The Morgan fingerprint density at radius 1 is 1.04 bits per heavy atom. The molecule has 0 aliphatic carbocycles. The second-order valence-electron chi connectivity index (χ2n) is 6.32. The van der Waals surface area contributed by atoms with E-state index in [9.17, 15) is 17.6 Å². The average molecular weight is 378 g/mol. The highest BCUT2D eigenvalue weighted by atomic mass is 32.2. The molecule has 26 heavy (non-hydrogen) atoms. The van der Waals surface area contributed by atoms with Crippen LogP contribution in [-0.4, -0.2) is 50.6 Å². The van der Waals surface area contributed by atoms with E-state index in [1.54, 1.807) is 24.3 Å². The summed E-state index contributed by atoms with van der Waals surface area (Å²) in [6.45, 7) is 2.00. The van der Waals surface area contributed by atoms with Gasteiger partial charge in [-0.3, -0.25) is 4.79 Å². The minimum absolute atomic E-state index is 0.0281. The lowest BCUT2D eigenvalue weighted by molar-refractivity contribution is 0.101. The van der Waals surface area contributed by atoms with Gasteiger partial charge in [0.15, 0.2) is 5.78 Å². The van der Waals surface area contributed by atoms with Gasteiger partial charge in [-0.2, -0.15) is 4.31 Å². The van der Waals surface area contributed by atoms with Crippen LogP contribution in [0, 0.1) is 5.82 Å². The molecule has 0 unspecified atom stereocenters. The van der Waals surface area contributed by atoms with Crippen molar-refractivity contribution in [3.63, 3.8) is 0 Å². The van der Waals surface area contributed by atoms with Crippen molar-refractivity contribution in [1.82, 2.24) is 9.21 Å². The van der Waals surface area contributed by atoms with Crippen LogP contribution < -0.4 is 0 Å². The summed E-state index contributed by atoms with van der Waals surface area (Å²) in [4.78, 5) is 13.5. The number of carbonyl (C=O) groups is 1. The predicted molar refractivity (Wildman–Crippen MR) is 99.0 cm³/mol. The number of Topliss-reactive ketones (excluding diaryl/α,β-unsaturated/α-hetero) is 1. The first-order valence-corrected chi connectivity index (χ1v) is 9.65. The van der Waals surface area contributed by atoms with Crippen molar-refractivity contribution >= 4 is 15.8 Å². The Morgan fingerprint density at radius 3 is 2.35 bits per heavy atom. The first-order chi connectivity index (χ1) is 12.2. The van der Waals surface area contributed by atoms with Gasteiger partial charge in [0.25, 0.3) is 0 Å². The second-order valence-corrected chi connectivity index (χ2v) is 8.26. The molecule has 0 atom stereocenters. The molecule has 0 saturated heterocycles. The Kier molecular flexibility index (Phi) is 6.63. The molecule has 0 spiro atoms. The Balaban J connectivity index is 2.41.